The van der Waals surface area contributed by atoms with E-state index in [0.29, 0.717) is 23.8 Å². The van der Waals surface area contributed by atoms with Crippen molar-refractivity contribution in [2.75, 3.05) is 47.0 Å². The van der Waals surface area contributed by atoms with Crippen LogP contribution in [0.25, 0.3) is 0 Å². The van der Waals surface area contributed by atoms with E-state index >= 15 is 0 Å². The van der Waals surface area contributed by atoms with Crippen LogP contribution in [0.4, 0.5) is 0 Å². The summed E-state index contributed by atoms with van der Waals surface area (Å²) in [5.74, 6) is 1.07. The van der Waals surface area contributed by atoms with E-state index in [1.165, 1.54) is 0 Å². The number of aryl methyl sites for hydroxylation is 1. The molecule has 2 bridgehead atoms. The molecule has 0 saturated carbocycles. The number of methoxy groups -OCH3 is 1. The first-order valence-corrected chi connectivity index (χ1v) is 7.80. The molecule has 120 valence electrons. The summed E-state index contributed by atoms with van der Waals surface area (Å²) in [6, 6.07) is 5.86. The average Bonchev–Trinajstić information content (AvgIpc) is 2.76. The zero-order valence-corrected chi connectivity index (χ0v) is 13.5. The fourth-order valence-electron chi connectivity index (χ4n) is 3.46. The van der Waals surface area contributed by atoms with Gasteiger partial charge in [0.1, 0.15) is 5.75 Å². The van der Waals surface area contributed by atoms with Crippen molar-refractivity contribution in [2.24, 2.45) is 5.92 Å². The second kappa shape index (κ2) is 6.26. The van der Waals surface area contributed by atoms with Gasteiger partial charge in [0.25, 0.3) is 5.91 Å². The lowest BCUT2D eigenvalue weighted by molar-refractivity contribution is 0.0482. The highest BCUT2D eigenvalue weighted by Gasteiger charge is 2.35. The minimum Gasteiger partial charge on any atom is -0.496 e. The molecule has 0 unspecified atom stereocenters. The van der Waals surface area contributed by atoms with Gasteiger partial charge in [0.15, 0.2) is 0 Å². The molecule has 0 aromatic heterocycles. The van der Waals surface area contributed by atoms with Gasteiger partial charge < -0.3 is 19.3 Å². The van der Waals surface area contributed by atoms with Gasteiger partial charge in [0, 0.05) is 25.6 Å². The Kier molecular flexibility index (Phi) is 4.36. The predicted molar refractivity (Wildman–Crippen MR) is 84.4 cm³/mol. The summed E-state index contributed by atoms with van der Waals surface area (Å²) in [7, 11) is 3.73. The van der Waals surface area contributed by atoms with E-state index in [1.54, 1.807) is 7.11 Å². The van der Waals surface area contributed by atoms with Gasteiger partial charge in [-0.25, -0.2) is 0 Å². The fraction of sp³-hybridized carbons (Fsp3) is 0.588. The molecule has 1 amide bonds. The predicted octanol–water partition coefficient (Wildman–Crippen LogP) is 1.41. The third-order valence-corrected chi connectivity index (χ3v) is 4.50. The maximum atomic E-state index is 13.1. The Labute approximate surface area is 131 Å². The van der Waals surface area contributed by atoms with Crippen LogP contribution in [0.2, 0.25) is 0 Å². The highest BCUT2D eigenvalue weighted by Crippen LogP contribution is 2.26. The number of hydrogen-bond donors (Lipinski definition) is 0. The Balaban J connectivity index is 1.91. The van der Waals surface area contributed by atoms with Crippen LogP contribution in [0.1, 0.15) is 15.9 Å². The van der Waals surface area contributed by atoms with Crippen LogP contribution in [0.5, 0.6) is 5.75 Å². The molecule has 22 heavy (non-hydrogen) atoms. The van der Waals surface area contributed by atoms with Crippen molar-refractivity contribution in [2.45, 2.75) is 13.0 Å². The van der Waals surface area contributed by atoms with E-state index in [0.717, 1.165) is 31.8 Å². The zero-order valence-electron chi connectivity index (χ0n) is 13.5. The average molecular weight is 304 g/mol. The number of carbonyl (C=O) groups is 1. The van der Waals surface area contributed by atoms with Crippen LogP contribution < -0.4 is 4.74 Å². The summed E-state index contributed by atoms with van der Waals surface area (Å²) in [6.45, 7) is 5.93. The van der Waals surface area contributed by atoms with Crippen LogP contribution in [-0.4, -0.2) is 68.8 Å². The second-order valence-corrected chi connectivity index (χ2v) is 6.44. The number of carbonyl (C=O) groups excluding carboxylic acids is 1. The summed E-state index contributed by atoms with van der Waals surface area (Å²) < 4.78 is 11.2. The Morgan fingerprint density at radius 1 is 1.27 bits per heavy atom. The van der Waals surface area contributed by atoms with Crippen LogP contribution in [0.3, 0.4) is 0 Å². The molecule has 0 radical (unpaired) electrons. The van der Waals surface area contributed by atoms with Crippen molar-refractivity contribution in [3.63, 3.8) is 0 Å². The van der Waals surface area contributed by atoms with Gasteiger partial charge in [-0.3, -0.25) is 4.79 Å². The van der Waals surface area contributed by atoms with Crippen molar-refractivity contribution in [1.82, 2.24) is 9.80 Å². The smallest absolute Gasteiger partial charge is 0.258 e. The SMILES string of the molecule is COc1cc(C)ccc1C(=O)N1C[C@H]2COC[C@@H]1CN(C)C2. The molecule has 1 aromatic carbocycles. The monoisotopic (exact) mass is 304 g/mol. The third kappa shape index (κ3) is 2.96. The largest absolute Gasteiger partial charge is 0.496 e. The quantitative estimate of drug-likeness (QED) is 0.828. The molecule has 0 spiro atoms. The normalized spacial score (nSPS) is 25.7. The molecule has 2 aliphatic heterocycles. The number of nitrogens with zero attached hydrogens (tertiary/aromatic N) is 2. The zero-order chi connectivity index (χ0) is 15.7. The molecule has 5 heteroatoms. The first kappa shape index (κ1) is 15.3. The van der Waals surface area contributed by atoms with Crippen molar-refractivity contribution in [3.05, 3.63) is 29.3 Å². The molecule has 0 aliphatic carbocycles. The van der Waals surface area contributed by atoms with Gasteiger partial charge in [-0.15, -0.1) is 0 Å². The minimum absolute atomic E-state index is 0.0488. The summed E-state index contributed by atoms with van der Waals surface area (Å²) in [4.78, 5) is 17.3. The summed E-state index contributed by atoms with van der Waals surface area (Å²) >= 11 is 0. The molecular formula is C17H24N2O3. The lowest BCUT2D eigenvalue weighted by atomic mass is 10.1. The van der Waals surface area contributed by atoms with Gasteiger partial charge >= 0.3 is 0 Å². The molecule has 5 nitrogen and oxygen atoms in total. The van der Waals surface area contributed by atoms with E-state index < -0.39 is 0 Å². The maximum Gasteiger partial charge on any atom is 0.258 e. The Morgan fingerprint density at radius 2 is 2.09 bits per heavy atom. The van der Waals surface area contributed by atoms with Crippen LogP contribution in [0, 0.1) is 12.8 Å². The summed E-state index contributed by atoms with van der Waals surface area (Å²) in [5.41, 5.74) is 1.73. The number of hydrogen-bond acceptors (Lipinski definition) is 4. The van der Waals surface area contributed by atoms with Crippen LogP contribution in [0.15, 0.2) is 18.2 Å². The van der Waals surface area contributed by atoms with Gasteiger partial charge in [-0.05, 0) is 31.7 Å². The van der Waals surface area contributed by atoms with Crippen LogP contribution >= 0.6 is 0 Å². The molecule has 3 rings (SSSR count). The Hall–Kier alpha value is -1.59. The lowest BCUT2D eigenvalue weighted by Crippen LogP contribution is -2.46. The molecular weight excluding hydrogens is 280 g/mol. The molecule has 2 fully saturated rings. The van der Waals surface area contributed by atoms with E-state index in [-0.39, 0.29) is 11.9 Å². The first-order valence-electron chi connectivity index (χ1n) is 7.80. The summed E-state index contributed by atoms with van der Waals surface area (Å²) in [5, 5.41) is 0. The highest BCUT2D eigenvalue weighted by molar-refractivity contribution is 5.97. The first-order chi connectivity index (χ1) is 10.6. The molecule has 2 atom stereocenters. The number of rotatable bonds is 2. The molecule has 0 N–H and O–H groups in total. The Bertz CT molecular complexity index is 561. The summed E-state index contributed by atoms with van der Waals surface area (Å²) in [6.07, 6.45) is 0. The number of amides is 1. The number of benzene rings is 1. The van der Waals surface area contributed by atoms with E-state index in [1.807, 2.05) is 30.0 Å². The fourth-order valence-corrected chi connectivity index (χ4v) is 3.46. The van der Waals surface area contributed by atoms with Gasteiger partial charge in [-0.2, -0.15) is 0 Å². The second-order valence-electron chi connectivity index (χ2n) is 6.44. The topological polar surface area (TPSA) is 42.0 Å². The van der Waals surface area contributed by atoms with E-state index in [2.05, 4.69) is 11.9 Å². The molecule has 2 aliphatic rings. The molecule has 1 aromatic rings. The Morgan fingerprint density at radius 3 is 2.86 bits per heavy atom. The highest BCUT2D eigenvalue weighted by atomic mass is 16.5. The van der Waals surface area contributed by atoms with Gasteiger partial charge in [-0.1, -0.05) is 6.07 Å². The van der Waals surface area contributed by atoms with Gasteiger partial charge in [0.2, 0.25) is 0 Å². The van der Waals surface area contributed by atoms with Crippen molar-refractivity contribution < 1.29 is 14.3 Å². The van der Waals surface area contributed by atoms with E-state index in [9.17, 15) is 4.79 Å². The third-order valence-electron chi connectivity index (χ3n) is 4.50. The maximum absolute atomic E-state index is 13.1. The van der Waals surface area contributed by atoms with Crippen LogP contribution in [-0.2, 0) is 4.74 Å². The standard InChI is InChI=1S/C17H24N2O3/c1-12-4-5-15(16(6-12)21-3)17(20)19-8-13-7-18(2)9-14(19)11-22-10-13/h4-6,13-14H,7-11H2,1-3H3/t13-,14-/m0/s1. The van der Waals surface area contributed by atoms with Gasteiger partial charge in [0.05, 0.1) is 31.9 Å². The number of likely N-dealkylation sites (N-methyl/N-ethyl adjacent to an activating group) is 1. The minimum atomic E-state index is 0.0488. The molecule has 2 heterocycles. The molecule has 2 saturated heterocycles. The number of ether oxygens (including phenoxy) is 2. The van der Waals surface area contributed by atoms with E-state index in [4.69, 9.17) is 9.47 Å². The van der Waals surface area contributed by atoms with Crippen molar-refractivity contribution in [1.29, 1.82) is 0 Å². The number of fused-ring (bicyclic) bond motifs is 3. The van der Waals surface area contributed by atoms with Crippen molar-refractivity contribution >= 4 is 5.91 Å². The van der Waals surface area contributed by atoms with Crippen molar-refractivity contribution in [3.8, 4) is 5.75 Å². The lowest BCUT2D eigenvalue weighted by Gasteiger charge is -2.30.